The Balaban J connectivity index is 1.59. The number of rotatable bonds is 7. The Kier molecular flexibility index (Phi) is 5.25. The largest absolute Gasteiger partial charge is 0.435 e. The number of anilines is 1. The Labute approximate surface area is 192 Å². The van der Waals surface area contributed by atoms with Crippen LogP contribution < -0.4 is 9.46 Å². The standard InChI is InChI=1S/C24H23N5O3S/c1-14-23(19(16-3-4-16)10-22(27-14)17-5-6-17)32-24-21(29-33(2,30)31)8-7-20(28-24)18-9-15(11-25)12-26-13-18/h7-10,12-13,16-17,29H,3-6H2,1-2H3. The number of sulfonamides is 1. The molecule has 3 aromatic heterocycles. The van der Waals surface area contributed by atoms with Gasteiger partial charge in [0.05, 0.1) is 23.2 Å². The number of nitrogens with one attached hydrogen (secondary N) is 1. The summed E-state index contributed by atoms with van der Waals surface area (Å²) in [7, 11) is -3.56. The third kappa shape index (κ3) is 4.81. The van der Waals surface area contributed by atoms with Crippen molar-refractivity contribution in [3.8, 4) is 29.0 Å². The van der Waals surface area contributed by atoms with Crippen LogP contribution in [0.2, 0.25) is 0 Å². The lowest BCUT2D eigenvalue weighted by atomic mass is 10.1. The molecule has 33 heavy (non-hydrogen) atoms. The molecule has 168 valence electrons. The van der Waals surface area contributed by atoms with Crippen LogP contribution in [0.3, 0.4) is 0 Å². The number of hydrogen-bond donors (Lipinski definition) is 1. The second-order valence-corrected chi connectivity index (χ2v) is 10.4. The molecular formula is C24H23N5O3S. The van der Waals surface area contributed by atoms with Crippen molar-refractivity contribution in [1.29, 1.82) is 5.26 Å². The summed E-state index contributed by atoms with van der Waals surface area (Å²) in [5.41, 5.74) is 4.77. The average Bonchev–Trinajstić information content (AvgIpc) is 3.68. The minimum Gasteiger partial charge on any atom is -0.435 e. The Bertz CT molecular complexity index is 1390. The third-order valence-electron chi connectivity index (χ3n) is 5.72. The maximum Gasteiger partial charge on any atom is 0.244 e. The topological polar surface area (TPSA) is 118 Å². The zero-order valence-electron chi connectivity index (χ0n) is 18.4. The molecule has 3 heterocycles. The molecule has 9 heteroatoms. The molecule has 0 unspecified atom stereocenters. The summed E-state index contributed by atoms with van der Waals surface area (Å²) in [5, 5.41) is 9.20. The van der Waals surface area contributed by atoms with Gasteiger partial charge in [-0.3, -0.25) is 14.7 Å². The molecular weight excluding hydrogens is 438 g/mol. The number of aromatic nitrogens is 3. The van der Waals surface area contributed by atoms with Crippen molar-refractivity contribution in [2.75, 3.05) is 11.0 Å². The summed E-state index contributed by atoms with van der Waals surface area (Å²) in [5.74, 6) is 1.71. The number of nitrogens with zero attached hydrogens (tertiary/aromatic N) is 4. The molecule has 0 aliphatic heterocycles. The van der Waals surface area contributed by atoms with Crippen LogP contribution in [0.15, 0.2) is 36.7 Å². The normalized spacial score (nSPS) is 15.7. The van der Waals surface area contributed by atoms with E-state index in [0.717, 1.165) is 36.0 Å². The van der Waals surface area contributed by atoms with Crippen molar-refractivity contribution in [2.24, 2.45) is 0 Å². The summed E-state index contributed by atoms with van der Waals surface area (Å²) < 4.78 is 32.7. The molecule has 0 saturated heterocycles. The second kappa shape index (κ2) is 8.12. The van der Waals surface area contributed by atoms with E-state index in [1.807, 2.05) is 6.92 Å². The molecule has 2 fully saturated rings. The van der Waals surface area contributed by atoms with Crippen LogP contribution in [0.5, 0.6) is 11.6 Å². The van der Waals surface area contributed by atoms with Crippen molar-refractivity contribution >= 4 is 15.7 Å². The Morgan fingerprint density at radius 3 is 2.52 bits per heavy atom. The minimum absolute atomic E-state index is 0.131. The predicted octanol–water partition coefficient (Wildman–Crippen LogP) is 4.64. The van der Waals surface area contributed by atoms with Gasteiger partial charge in [-0.1, -0.05) is 0 Å². The van der Waals surface area contributed by atoms with Gasteiger partial charge in [0, 0.05) is 35.1 Å². The van der Waals surface area contributed by atoms with Gasteiger partial charge >= 0.3 is 0 Å². The van der Waals surface area contributed by atoms with Crippen molar-refractivity contribution in [3.05, 3.63) is 59.2 Å². The van der Waals surface area contributed by atoms with Gasteiger partial charge in [-0.15, -0.1) is 0 Å². The summed E-state index contributed by atoms with van der Waals surface area (Å²) in [4.78, 5) is 13.5. The van der Waals surface area contributed by atoms with Crippen LogP contribution in [0, 0.1) is 18.3 Å². The smallest absolute Gasteiger partial charge is 0.244 e. The van der Waals surface area contributed by atoms with Crippen molar-refractivity contribution in [2.45, 2.75) is 44.4 Å². The SMILES string of the molecule is Cc1nc(C2CC2)cc(C2CC2)c1Oc1nc(-c2cncc(C#N)c2)ccc1NS(C)(=O)=O. The first kappa shape index (κ1) is 21.3. The first-order valence-corrected chi connectivity index (χ1v) is 12.7. The molecule has 0 amide bonds. The molecule has 5 rings (SSSR count). The molecule has 8 nitrogen and oxygen atoms in total. The molecule has 2 aliphatic carbocycles. The predicted molar refractivity (Wildman–Crippen MR) is 124 cm³/mol. The third-order valence-corrected chi connectivity index (χ3v) is 6.31. The van der Waals surface area contributed by atoms with Crippen LogP contribution >= 0.6 is 0 Å². The molecule has 2 aliphatic rings. The lowest BCUT2D eigenvalue weighted by molar-refractivity contribution is 0.453. The van der Waals surface area contributed by atoms with Crippen molar-refractivity contribution in [3.63, 3.8) is 0 Å². The molecule has 0 aromatic carbocycles. The van der Waals surface area contributed by atoms with E-state index in [0.29, 0.717) is 34.4 Å². The molecule has 2 saturated carbocycles. The summed E-state index contributed by atoms with van der Waals surface area (Å²) >= 11 is 0. The van der Waals surface area contributed by atoms with Crippen LogP contribution in [-0.4, -0.2) is 29.6 Å². The number of aryl methyl sites for hydroxylation is 1. The Morgan fingerprint density at radius 2 is 1.85 bits per heavy atom. The summed E-state index contributed by atoms with van der Waals surface area (Å²) in [6.45, 7) is 1.92. The highest BCUT2D eigenvalue weighted by Crippen LogP contribution is 2.49. The van der Waals surface area contributed by atoms with Gasteiger partial charge in [-0.2, -0.15) is 5.26 Å². The number of ether oxygens (including phenoxy) is 1. The van der Waals surface area contributed by atoms with Crippen LogP contribution in [0.25, 0.3) is 11.3 Å². The fourth-order valence-corrected chi connectivity index (χ4v) is 4.38. The molecule has 1 N–H and O–H groups in total. The maximum atomic E-state index is 12.0. The maximum absolute atomic E-state index is 12.0. The first-order valence-electron chi connectivity index (χ1n) is 10.8. The summed E-state index contributed by atoms with van der Waals surface area (Å²) in [6, 6.07) is 9.16. The van der Waals surface area contributed by atoms with Crippen LogP contribution in [0.4, 0.5) is 5.69 Å². The van der Waals surface area contributed by atoms with E-state index in [1.54, 1.807) is 24.4 Å². The quantitative estimate of drug-likeness (QED) is 0.544. The van der Waals surface area contributed by atoms with E-state index in [-0.39, 0.29) is 11.6 Å². The highest BCUT2D eigenvalue weighted by molar-refractivity contribution is 7.92. The van der Waals surface area contributed by atoms with E-state index in [9.17, 15) is 13.7 Å². The zero-order valence-corrected chi connectivity index (χ0v) is 19.2. The van der Waals surface area contributed by atoms with Gasteiger partial charge in [0.15, 0.2) is 5.75 Å². The van der Waals surface area contributed by atoms with E-state index in [1.165, 1.54) is 19.0 Å². The van der Waals surface area contributed by atoms with Gasteiger partial charge in [0.2, 0.25) is 15.9 Å². The molecule has 0 atom stereocenters. The van der Waals surface area contributed by atoms with Gasteiger partial charge < -0.3 is 4.74 Å². The monoisotopic (exact) mass is 461 g/mol. The fourth-order valence-electron chi connectivity index (χ4n) is 3.82. The lowest BCUT2D eigenvalue weighted by Crippen LogP contribution is -2.11. The van der Waals surface area contributed by atoms with Crippen LogP contribution in [-0.2, 0) is 10.0 Å². The zero-order chi connectivity index (χ0) is 23.2. The highest BCUT2D eigenvalue weighted by Gasteiger charge is 2.33. The van der Waals surface area contributed by atoms with Crippen LogP contribution in [0.1, 0.15) is 60.0 Å². The molecule has 0 radical (unpaired) electrons. The van der Waals surface area contributed by atoms with Crippen molar-refractivity contribution < 1.29 is 13.2 Å². The van der Waals surface area contributed by atoms with Gasteiger partial charge in [-0.25, -0.2) is 13.4 Å². The molecule has 0 spiro atoms. The average molecular weight is 462 g/mol. The fraction of sp³-hybridized carbons (Fsp3) is 0.333. The second-order valence-electron chi connectivity index (χ2n) is 8.70. The van der Waals surface area contributed by atoms with E-state index in [2.05, 4.69) is 26.8 Å². The first-order chi connectivity index (χ1) is 15.8. The van der Waals surface area contributed by atoms with Gasteiger partial charge in [0.25, 0.3) is 0 Å². The lowest BCUT2D eigenvalue weighted by Gasteiger charge is -2.17. The number of pyridine rings is 3. The number of hydrogen-bond acceptors (Lipinski definition) is 7. The number of nitriles is 1. The van der Waals surface area contributed by atoms with E-state index in [4.69, 9.17) is 9.72 Å². The Morgan fingerprint density at radius 1 is 1.09 bits per heavy atom. The van der Waals surface area contributed by atoms with E-state index < -0.39 is 10.0 Å². The summed E-state index contributed by atoms with van der Waals surface area (Å²) in [6.07, 6.45) is 8.67. The van der Waals surface area contributed by atoms with E-state index >= 15 is 0 Å². The molecule has 3 aromatic rings. The highest BCUT2D eigenvalue weighted by atomic mass is 32.2. The molecule has 0 bridgehead atoms. The van der Waals surface area contributed by atoms with Gasteiger partial charge in [-0.05, 0) is 62.8 Å². The van der Waals surface area contributed by atoms with Gasteiger partial charge in [0.1, 0.15) is 11.8 Å². The minimum atomic E-state index is -3.56. The van der Waals surface area contributed by atoms with Crippen molar-refractivity contribution in [1.82, 2.24) is 15.0 Å². The Hall–Kier alpha value is -3.51.